The summed E-state index contributed by atoms with van der Waals surface area (Å²) in [4.78, 5) is 4.87. The second kappa shape index (κ2) is 6.51. The molecule has 0 saturated heterocycles. The van der Waals surface area contributed by atoms with Crippen molar-refractivity contribution < 1.29 is 4.84 Å². The molecule has 82 valence electrons. The largest absolute Gasteiger partial charge is 0.396 e. The van der Waals surface area contributed by atoms with Crippen LogP contribution in [0, 0.1) is 13.8 Å². The maximum Gasteiger partial charge on any atom is 0.114 e. The van der Waals surface area contributed by atoms with Crippen LogP contribution in [0.5, 0.6) is 0 Å². The Balaban J connectivity index is 2.46. The molecular formula is C12H17NOS. The highest BCUT2D eigenvalue weighted by Crippen LogP contribution is 2.16. The van der Waals surface area contributed by atoms with E-state index in [1.54, 1.807) is 17.3 Å². The van der Waals surface area contributed by atoms with Crippen molar-refractivity contribution in [1.29, 1.82) is 0 Å². The third kappa shape index (κ3) is 4.38. The average molecular weight is 223 g/mol. The van der Waals surface area contributed by atoms with Crippen LogP contribution in [0.4, 0.5) is 0 Å². The maximum absolute atomic E-state index is 4.87. The van der Waals surface area contributed by atoms with Crippen molar-refractivity contribution in [3.05, 3.63) is 34.9 Å². The molecule has 1 rings (SSSR count). The standard InChI is InChI=1S/C12H17NOS/c1-4-14-13-9-15-8-12-7-10(2)5-6-11(12)3/h5-7,9H,4,8H2,1-3H3. The monoisotopic (exact) mass is 223 g/mol. The first-order valence-electron chi connectivity index (χ1n) is 5.05. The number of hydrogen-bond donors (Lipinski definition) is 0. The number of oxime groups is 1. The van der Waals surface area contributed by atoms with Gasteiger partial charge < -0.3 is 4.84 Å². The normalized spacial score (nSPS) is 10.9. The predicted molar refractivity (Wildman–Crippen MR) is 67.3 cm³/mol. The summed E-state index contributed by atoms with van der Waals surface area (Å²) in [7, 11) is 0. The Morgan fingerprint density at radius 2 is 2.20 bits per heavy atom. The van der Waals surface area contributed by atoms with E-state index >= 15 is 0 Å². The summed E-state index contributed by atoms with van der Waals surface area (Å²) >= 11 is 1.65. The van der Waals surface area contributed by atoms with E-state index in [-0.39, 0.29) is 0 Å². The SMILES string of the molecule is CCON=CSCc1cc(C)ccc1C. The van der Waals surface area contributed by atoms with E-state index in [4.69, 9.17) is 4.84 Å². The molecule has 0 amide bonds. The summed E-state index contributed by atoms with van der Waals surface area (Å²) in [6, 6.07) is 6.51. The van der Waals surface area contributed by atoms with E-state index in [2.05, 4.69) is 37.2 Å². The van der Waals surface area contributed by atoms with Crippen molar-refractivity contribution in [1.82, 2.24) is 0 Å². The van der Waals surface area contributed by atoms with Gasteiger partial charge in [0, 0.05) is 5.75 Å². The zero-order chi connectivity index (χ0) is 11.1. The molecule has 2 nitrogen and oxygen atoms in total. The molecule has 0 bridgehead atoms. The smallest absolute Gasteiger partial charge is 0.114 e. The minimum absolute atomic E-state index is 0.626. The van der Waals surface area contributed by atoms with Gasteiger partial charge in [0.05, 0.1) is 5.55 Å². The molecule has 0 saturated carbocycles. The molecule has 0 atom stereocenters. The summed E-state index contributed by atoms with van der Waals surface area (Å²) in [5.74, 6) is 0.948. The molecule has 0 heterocycles. The summed E-state index contributed by atoms with van der Waals surface area (Å²) in [5.41, 5.74) is 5.75. The van der Waals surface area contributed by atoms with Crippen LogP contribution in [0.1, 0.15) is 23.6 Å². The van der Waals surface area contributed by atoms with Crippen LogP contribution in [-0.2, 0) is 10.6 Å². The molecule has 0 aliphatic heterocycles. The van der Waals surface area contributed by atoms with Gasteiger partial charge in [0.2, 0.25) is 0 Å². The van der Waals surface area contributed by atoms with Crippen LogP contribution in [0.3, 0.4) is 0 Å². The van der Waals surface area contributed by atoms with Crippen molar-refractivity contribution in [2.75, 3.05) is 6.61 Å². The lowest BCUT2D eigenvalue weighted by atomic mass is 10.1. The molecule has 0 fully saturated rings. The fourth-order valence-corrected chi connectivity index (χ4v) is 1.91. The molecule has 0 aliphatic carbocycles. The molecule has 0 N–H and O–H groups in total. The topological polar surface area (TPSA) is 21.6 Å². The number of benzene rings is 1. The van der Waals surface area contributed by atoms with Gasteiger partial charge in [-0.15, -0.1) is 11.8 Å². The van der Waals surface area contributed by atoms with Gasteiger partial charge in [0.1, 0.15) is 6.61 Å². The highest BCUT2D eigenvalue weighted by Gasteiger charge is 1.97. The van der Waals surface area contributed by atoms with Gasteiger partial charge in [-0.3, -0.25) is 0 Å². The molecule has 0 aromatic heterocycles. The first-order valence-corrected chi connectivity index (χ1v) is 6.10. The second-order valence-corrected chi connectivity index (χ2v) is 4.20. The highest BCUT2D eigenvalue weighted by atomic mass is 32.2. The van der Waals surface area contributed by atoms with Crippen molar-refractivity contribution in [2.24, 2.45) is 5.16 Å². The molecular weight excluding hydrogens is 206 g/mol. The number of aryl methyl sites for hydroxylation is 2. The minimum Gasteiger partial charge on any atom is -0.396 e. The van der Waals surface area contributed by atoms with E-state index in [0.29, 0.717) is 6.61 Å². The van der Waals surface area contributed by atoms with Gasteiger partial charge in [-0.05, 0) is 31.9 Å². The van der Waals surface area contributed by atoms with Crippen molar-refractivity contribution >= 4 is 17.3 Å². The maximum atomic E-state index is 4.87. The molecule has 15 heavy (non-hydrogen) atoms. The van der Waals surface area contributed by atoms with Crippen LogP contribution >= 0.6 is 11.8 Å². The molecule has 0 unspecified atom stereocenters. The van der Waals surface area contributed by atoms with Crippen molar-refractivity contribution in [2.45, 2.75) is 26.5 Å². The first-order chi connectivity index (χ1) is 7.24. The lowest BCUT2D eigenvalue weighted by Gasteiger charge is -2.04. The molecule has 0 aliphatic rings. The van der Waals surface area contributed by atoms with Gasteiger partial charge in [-0.25, -0.2) is 0 Å². The van der Waals surface area contributed by atoms with Gasteiger partial charge >= 0.3 is 0 Å². The molecule has 0 radical (unpaired) electrons. The lowest BCUT2D eigenvalue weighted by molar-refractivity contribution is 0.161. The van der Waals surface area contributed by atoms with E-state index < -0.39 is 0 Å². The quantitative estimate of drug-likeness (QED) is 0.433. The van der Waals surface area contributed by atoms with Crippen molar-refractivity contribution in [3.8, 4) is 0 Å². The fraction of sp³-hybridized carbons (Fsp3) is 0.417. The van der Waals surface area contributed by atoms with E-state index in [0.717, 1.165) is 5.75 Å². The van der Waals surface area contributed by atoms with Crippen LogP contribution in [-0.4, -0.2) is 12.2 Å². The second-order valence-electron chi connectivity index (χ2n) is 3.37. The number of thioether (sulfide) groups is 1. The van der Waals surface area contributed by atoms with Gasteiger partial charge in [-0.1, -0.05) is 28.9 Å². The van der Waals surface area contributed by atoms with E-state index in [1.807, 2.05) is 6.92 Å². The number of rotatable bonds is 5. The number of hydrogen-bond acceptors (Lipinski definition) is 3. The fourth-order valence-electron chi connectivity index (χ4n) is 1.22. The molecule has 1 aromatic carbocycles. The highest BCUT2D eigenvalue weighted by molar-refractivity contribution is 8.11. The third-order valence-electron chi connectivity index (χ3n) is 2.06. The number of nitrogens with zero attached hydrogens (tertiary/aromatic N) is 1. The Morgan fingerprint density at radius 3 is 2.93 bits per heavy atom. The van der Waals surface area contributed by atoms with Gasteiger partial charge in [0.15, 0.2) is 0 Å². The minimum atomic E-state index is 0.626. The Morgan fingerprint density at radius 1 is 1.40 bits per heavy atom. The van der Waals surface area contributed by atoms with Crippen LogP contribution in [0.15, 0.2) is 23.4 Å². The lowest BCUT2D eigenvalue weighted by Crippen LogP contribution is -1.88. The van der Waals surface area contributed by atoms with Crippen LogP contribution in [0.25, 0.3) is 0 Å². The Labute approximate surface area is 95.7 Å². The van der Waals surface area contributed by atoms with Crippen LogP contribution in [0.2, 0.25) is 0 Å². The van der Waals surface area contributed by atoms with Gasteiger partial charge in [-0.2, -0.15) is 0 Å². The van der Waals surface area contributed by atoms with Gasteiger partial charge in [0.25, 0.3) is 0 Å². The Kier molecular flexibility index (Phi) is 5.26. The molecule has 3 heteroatoms. The summed E-state index contributed by atoms with van der Waals surface area (Å²) in [6.07, 6.45) is 0. The molecule has 0 spiro atoms. The summed E-state index contributed by atoms with van der Waals surface area (Å²) in [5, 5.41) is 3.79. The Hall–Kier alpha value is -0.960. The summed E-state index contributed by atoms with van der Waals surface area (Å²) in [6.45, 7) is 6.80. The zero-order valence-electron chi connectivity index (χ0n) is 9.49. The zero-order valence-corrected chi connectivity index (χ0v) is 10.3. The van der Waals surface area contributed by atoms with E-state index in [1.165, 1.54) is 16.7 Å². The van der Waals surface area contributed by atoms with Crippen molar-refractivity contribution in [3.63, 3.8) is 0 Å². The van der Waals surface area contributed by atoms with Crippen LogP contribution < -0.4 is 0 Å². The third-order valence-corrected chi connectivity index (χ3v) is 2.78. The predicted octanol–water partition coefficient (Wildman–Crippen LogP) is 3.52. The average Bonchev–Trinajstić information content (AvgIpc) is 2.23. The first kappa shape index (κ1) is 12.1. The molecule has 1 aromatic rings. The summed E-state index contributed by atoms with van der Waals surface area (Å²) < 4.78 is 0. The Bertz CT molecular complexity index is 336. The van der Waals surface area contributed by atoms with E-state index in [9.17, 15) is 0 Å².